The largest absolute Gasteiger partial charge is 0.235 e. The molecule has 0 bridgehead atoms. The molecule has 0 radical (unpaired) electrons. The van der Waals surface area contributed by atoms with Crippen LogP contribution in [0.5, 0.6) is 0 Å². The smallest absolute Gasteiger partial charge is 0.194 e. The summed E-state index contributed by atoms with van der Waals surface area (Å²) >= 11 is 0. The second-order valence-electron chi connectivity index (χ2n) is 2.88. The van der Waals surface area contributed by atoms with Gasteiger partial charge in [0.1, 0.15) is 6.33 Å². The molecule has 0 fully saturated rings. The average Bonchev–Trinajstić information content (AvgIpc) is 2.49. The fraction of sp³-hybridized carbons (Fsp3) is 0.429. The van der Waals surface area contributed by atoms with Gasteiger partial charge >= 0.3 is 0 Å². The molecule has 0 atom stereocenters. The number of hydrogen-bond donors (Lipinski definition) is 0. The predicted octanol–water partition coefficient (Wildman–Crippen LogP) is 0.643. The molecule has 0 amide bonds. The van der Waals surface area contributed by atoms with Crippen LogP contribution in [0.25, 0.3) is 5.65 Å². The Labute approximate surface area is 69.5 Å². The molecule has 0 unspecified atom stereocenters. The summed E-state index contributed by atoms with van der Waals surface area (Å²) in [6, 6.07) is 0. The van der Waals surface area contributed by atoms with Crippen molar-refractivity contribution in [1.82, 2.24) is 24.8 Å². The van der Waals surface area contributed by atoms with Crippen molar-refractivity contribution >= 4 is 5.65 Å². The molecule has 0 saturated carbocycles. The molecule has 2 aromatic rings. The van der Waals surface area contributed by atoms with Crippen LogP contribution >= 0.6 is 0 Å². The third-order valence-corrected chi connectivity index (χ3v) is 1.58. The molecule has 5 heteroatoms. The maximum Gasteiger partial charge on any atom is 0.194 e. The summed E-state index contributed by atoms with van der Waals surface area (Å²) in [7, 11) is 0. The van der Waals surface area contributed by atoms with Gasteiger partial charge in [-0.15, -0.1) is 14.8 Å². The van der Waals surface area contributed by atoms with Gasteiger partial charge in [-0.3, -0.25) is 0 Å². The van der Waals surface area contributed by atoms with Crippen LogP contribution in [-0.2, 0) is 0 Å². The first kappa shape index (κ1) is 7.15. The van der Waals surface area contributed by atoms with Crippen LogP contribution in [0.15, 0.2) is 12.5 Å². The second kappa shape index (κ2) is 2.51. The van der Waals surface area contributed by atoms with E-state index in [1.54, 1.807) is 6.20 Å². The third-order valence-electron chi connectivity index (χ3n) is 1.58. The van der Waals surface area contributed by atoms with E-state index < -0.39 is 0 Å². The SMILES string of the molecule is CC(C)c1ncc2ncnn2n1. The number of rotatable bonds is 1. The first-order valence-corrected chi connectivity index (χ1v) is 3.80. The van der Waals surface area contributed by atoms with Gasteiger partial charge in [0.15, 0.2) is 11.5 Å². The molecule has 0 N–H and O–H groups in total. The Balaban J connectivity index is 2.60. The zero-order valence-electron chi connectivity index (χ0n) is 6.97. The van der Waals surface area contributed by atoms with Gasteiger partial charge in [-0.2, -0.15) is 0 Å². The number of nitrogens with zero attached hydrogens (tertiary/aromatic N) is 5. The first-order chi connectivity index (χ1) is 5.77. The Bertz CT molecular complexity index is 391. The molecular weight excluding hydrogens is 154 g/mol. The lowest BCUT2D eigenvalue weighted by atomic mass is 10.2. The van der Waals surface area contributed by atoms with E-state index in [1.807, 2.05) is 13.8 Å². The highest BCUT2D eigenvalue weighted by atomic mass is 15.5. The number of aromatic nitrogens is 5. The molecule has 0 aliphatic rings. The molecule has 2 rings (SSSR count). The molecule has 0 aliphatic heterocycles. The molecule has 0 spiro atoms. The summed E-state index contributed by atoms with van der Waals surface area (Å²) in [4.78, 5) is 8.09. The Morgan fingerprint density at radius 2 is 2.17 bits per heavy atom. The Morgan fingerprint density at radius 3 is 2.92 bits per heavy atom. The van der Waals surface area contributed by atoms with E-state index in [9.17, 15) is 0 Å². The Morgan fingerprint density at radius 1 is 1.33 bits per heavy atom. The van der Waals surface area contributed by atoms with Crippen LogP contribution in [0.3, 0.4) is 0 Å². The molecule has 0 aromatic carbocycles. The topological polar surface area (TPSA) is 56.0 Å². The third kappa shape index (κ3) is 1.03. The van der Waals surface area contributed by atoms with Gasteiger partial charge in [0.25, 0.3) is 0 Å². The monoisotopic (exact) mass is 163 g/mol. The van der Waals surface area contributed by atoms with Crippen LogP contribution in [0, 0.1) is 0 Å². The van der Waals surface area contributed by atoms with Crippen LogP contribution in [-0.4, -0.2) is 24.8 Å². The first-order valence-electron chi connectivity index (χ1n) is 3.80. The van der Waals surface area contributed by atoms with Gasteiger partial charge in [-0.25, -0.2) is 9.97 Å². The fourth-order valence-corrected chi connectivity index (χ4v) is 0.918. The van der Waals surface area contributed by atoms with E-state index in [-0.39, 0.29) is 0 Å². The molecular formula is C7H9N5. The van der Waals surface area contributed by atoms with E-state index in [2.05, 4.69) is 20.2 Å². The summed E-state index contributed by atoms with van der Waals surface area (Å²) < 4.78 is 1.49. The highest BCUT2D eigenvalue weighted by molar-refractivity contribution is 5.29. The summed E-state index contributed by atoms with van der Waals surface area (Å²) in [6.07, 6.45) is 3.14. The van der Waals surface area contributed by atoms with Crippen LogP contribution in [0.4, 0.5) is 0 Å². The van der Waals surface area contributed by atoms with E-state index in [0.717, 1.165) is 5.82 Å². The maximum absolute atomic E-state index is 4.17. The highest BCUT2D eigenvalue weighted by Crippen LogP contribution is 2.06. The van der Waals surface area contributed by atoms with Gasteiger partial charge in [0, 0.05) is 5.92 Å². The summed E-state index contributed by atoms with van der Waals surface area (Å²) in [5, 5.41) is 8.08. The lowest BCUT2D eigenvalue weighted by molar-refractivity contribution is 0.679. The van der Waals surface area contributed by atoms with Crippen molar-refractivity contribution in [3.05, 3.63) is 18.3 Å². The second-order valence-corrected chi connectivity index (χ2v) is 2.88. The molecule has 0 aliphatic carbocycles. The molecule has 12 heavy (non-hydrogen) atoms. The lowest BCUT2D eigenvalue weighted by Crippen LogP contribution is -2.03. The zero-order valence-corrected chi connectivity index (χ0v) is 6.97. The fourth-order valence-electron chi connectivity index (χ4n) is 0.918. The minimum absolute atomic E-state index is 0.318. The molecule has 2 aromatic heterocycles. The standard InChI is InChI=1S/C7H9N5/c1-5(2)7-8-3-6-9-4-10-12(6)11-7/h3-5H,1-2H3. The van der Waals surface area contributed by atoms with Gasteiger partial charge in [-0.05, 0) is 0 Å². The quantitative estimate of drug-likeness (QED) is 0.619. The van der Waals surface area contributed by atoms with Crippen LogP contribution in [0.2, 0.25) is 0 Å². The van der Waals surface area contributed by atoms with E-state index >= 15 is 0 Å². The highest BCUT2D eigenvalue weighted by Gasteiger charge is 2.04. The van der Waals surface area contributed by atoms with Crippen molar-refractivity contribution in [2.45, 2.75) is 19.8 Å². The molecule has 62 valence electrons. The van der Waals surface area contributed by atoms with Gasteiger partial charge in [-0.1, -0.05) is 13.8 Å². The molecule has 5 nitrogen and oxygen atoms in total. The van der Waals surface area contributed by atoms with Crippen molar-refractivity contribution in [2.24, 2.45) is 0 Å². The predicted molar refractivity (Wildman–Crippen MR) is 42.7 cm³/mol. The van der Waals surface area contributed by atoms with Crippen LogP contribution < -0.4 is 0 Å². The maximum atomic E-state index is 4.17. The number of hydrogen-bond acceptors (Lipinski definition) is 4. The van der Waals surface area contributed by atoms with Crippen molar-refractivity contribution in [1.29, 1.82) is 0 Å². The van der Waals surface area contributed by atoms with Crippen molar-refractivity contribution in [3.63, 3.8) is 0 Å². The van der Waals surface area contributed by atoms with Crippen molar-refractivity contribution < 1.29 is 0 Å². The van der Waals surface area contributed by atoms with E-state index in [4.69, 9.17) is 0 Å². The van der Waals surface area contributed by atoms with Gasteiger partial charge < -0.3 is 0 Å². The van der Waals surface area contributed by atoms with E-state index in [1.165, 1.54) is 11.0 Å². The lowest BCUT2D eigenvalue weighted by Gasteiger charge is -2.00. The zero-order chi connectivity index (χ0) is 8.55. The van der Waals surface area contributed by atoms with Gasteiger partial charge in [0.2, 0.25) is 0 Å². The summed E-state index contributed by atoms with van der Waals surface area (Å²) in [6.45, 7) is 4.08. The van der Waals surface area contributed by atoms with Crippen LogP contribution in [0.1, 0.15) is 25.6 Å². The molecule has 2 heterocycles. The minimum Gasteiger partial charge on any atom is -0.235 e. The summed E-state index contributed by atoms with van der Waals surface area (Å²) in [5.41, 5.74) is 0.680. The van der Waals surface area contributed by atoms with Crippen molar-refractivity contribution in [3.8, 4) is 0 Å². The van der Waals surface area contributed by atoms with Crippen molar-refractivity contribution in [2.75, 3.05) is 0 Å². The minimum atomic E-state index is 0.318. The normalized spacial score (nSPS) is 11.2. The molecule has 0 saturated heterocycles. The Kier molecular flexibility index (Phi) is 1.49. The summed E-state index contributed by atoms with van der Waals surface area (Å²) in [5.74, 6) is 1.10. The van der Waals surface area contributed by atoms with Gasteiger partial charge in [0.05, 0.1) is 6.20 Å². The number of fused-ring (bicyclic) bond motifs is 1. The van der Waals surface area contributed by atoms with E-state index in [0.29, 0.717) is 11.6 Å². The Hall–Kier alpha value is -1.52. The average molecular weight is 163 g/mol.